The summed E-state index contributed by atoms with van der Waals surface area (Å²) in [5.41, 5.74) is 3.49. The summed E-state index contributed by atoms with van der Waals surface area (Å²) in [4.78, 5) is 16.3. The molecule has 0 saturated carbocycles. The molecular formula is C16H16FNO2. The van der Waals surface area contributed by atoms with Crippen molar-refractivity contribution in [2.24, 2.45) is 0 Å². The van der Waals surface area contributed by atoms with E-state index in [4.69, 9.17) is 4.74 Å². The minimum absolute atomic E-state index is 0.286. The Morgan fingerprint density at radius 3 is 2.50 bits per heavy atom. The number of benzene rings is 1. The van der Waals surface area contributed by atoms with Gasteiger partial charge in [-0.1, -0.05) is 0 Å². The van der Waals surface area contributed by atoms with Crippen LogP contribution in [-0.2, 0) is 4.74 Å². The third kappa shape index (κ3) is 2.85. The van der Waals surface area contributed by atoms with Crippen molar-refractivity contribution < 1.29 is 13.9 Å². The van der Waals surface area contributed by atoms with Gasteiger partial charge in [-0.25, -0.2) is 9.18 Å². The van der Waals surface area contributed by atoms with Gasteiger partial charge >= 0.3 is 5.97 Å². The van der Waals surface area contributed by atoms with Crippen molar-refractivity contribution >= 4 is 5.97 Å². The first-order chi connectivity index (χ1) is 9.52. The summed E-state index contributed by atoms with van der Waals surface area (Å²) >= 11 is 0. The number of aryl methyl sites for hydroxylation is 2. The van der Waals surface area contributed by atoms with E-state index in [9.17, 15) is 9.18 Å². The molecule has 0 amide bonds. The fraction of sp³-hybridized carbons (Fsp3) is 0.250. The molecule has 20 heavy (non-hydrogen) atoms. The molecule has 0 saturated heterocycles. The van der Waals surface area contributed by atoms with Gasteiger partial charge in [-0.05, 0) is 56.7 Å². The quantitative estimate of drug-likeness (QED) is 0.801. The lowest BCUT2D eigenvalue weighted by Gasteiger charge is -2.10. The summed E-state index contributed by atoms with van der Waals surface area (Å²) in [6.07, 6.45) is 0. The highest BCUT2D eigenvalue weighted by Gasteiger charge is 2.14. The maximum Gasteiger partial charge on any atom is 0.339 e. The van der Waals surface area contributed by atoms with Crippen molar-refractivity contribution in [1.82, 2.24) is 4.98 Å². The highest BCUT2D eigenvalue weighted by molar-refractivity contribution is 5.91. The second kappa shape index (κ2) is 5.82. The second-order valence-corrected chi connectivity index (χ2v) is 4.51. The first-order valence-electron chi connectivity index (χ1n) is 6.44. The smallest absolute Gasteiger partial charge is 0.339 e. The lowest BCUT2D eigenvalue weighted by atomic mass is 10.0. The number of aromatic nitrogens is 1. The monoisotopic (exact) mass is 273 g/mol. The summed E-state index contributed by atoms with van der Waals surface area (Å²) in [5, 5.41) is 0. The molecule has 0 atom stereocenters. The number of rotatable bonds is 3. The third-order valence-corrected chi connectivity index (χ3v) is 3.02. The SMILES string of the molecule is CCOC(=O)c1cc(C)c(-c2ccc(F)cc2)nc1C. The van der Waals surface area contributed by atoms with E-state index in [1.165, 1.54) is 12.1 Å². The predicted octanol–water partition coefficient (Wildman–Crippen LogP) is 3.68. The number of hydrogen-bond acceptors (Lipinski definition) is 3. The van der Waals surface area contributed by atoms with E-state index < -0.39 is 0 Å². The zero-order valence-corrected chi connectivity index (χ0v) is 11.7. The molecule has 0 N–H and O–H groups in total. The molecule has 1 aromatic carbocycles. The average Bonchev–Trinajstić information content (AvgIpc) is 2.42. The minimum atomic E-state index is -0.369. The molecule has 4 heteroatoms. The number of hydrogen-bond donors (Lipinski definition) is 0. The van der Waals surface area contributed by atoms with E-state index in [0.29, 0.717) is 17.9 Å². The van der Waals surface area contributed by atoms with Gasteiger partial charge in [0.15, 0.2) is 0 Å². The summed E-state index contributed by atoms with van der Waals surface area (Å²) < 4.78 is 18.0. The van der Waals surface area contributed by atoms with Crippen LogP contribution in [0.15, 0.2) is 30.3 Å². The summed E-state index contributed by atoms with van der Waals surface area (Å²) in [6, 6.07) is 7.90. The Hall–Kier alpha value is -2.23. The number of carbonyl (C=O) groups excluding carboxylic acids is 1. The van der Waals surface area contributed by atoms with Crippen molar-refractivity contribution in [3.8, 4) is 11.3 Å². The molecule has 2 rings (SSSR count). The van der Waals surface area contributed by atoms with Crippen LogP contribution in [0.4, 0.5) is 4.39 Å². The van der Waals surface area contributed by atoms with Crippen molar-refractivity contribution in [3.63, 3.8) is 0 Å². The molecule has 0 aliphatic carbocycles. The maximum absolute atomic E-state index is 13.0. The van der Waals surface area contributed by atoms with E-state index in [0.717, 1.165) is 16.8 Å². The van der Waals surface area contributed by atoms with Crippen LogP contribution in [0.1, 0.15) is 28.5 Å². The van der Waals surface area contributed by atoms with Gasteiger partial charge in [0.25, 0.3) is 0 Å². The Kier molecular flexibility index (Phi) is 4.13. The van der Waals surface area contributed by atoms with Crippen molar-refractivity contribution in [2.45, 2.75) is 20.8 Å². The van der Waals surface area contributed by atoms with Crippen LogP contribution in [0.2, 0.25) is 0 Å². The normalized spacial score (nSPS) is 10.4. The molecule has 0 fully saturated rings. The second-order valence-electron chi connectivity index (χ2n) is 4.51. The Balaban J connectivity index is 2.45. The van der Waals surface area contributed by atoms with Gasteiger partial charge < -0.3 is 4.74 Å². The molecule has 0 spiro atoms. The largest absolute Gasteiger partial charge is 0.462 e. The van der Waals surface area contributed by atoms with E-state index in [1.54, 1.807) is 32.0 Å². The minimum Gasteiger partial charge on any atom is -0.462 e. The summed E-state index contributed by atoms with van der Waals surface area (Å²) in [5.74, 6) is -0.655. The number of ether oxygens (including phenoxy) is 1. The van der Waals surface area contributed by atoms with Crippen LogP contribution in [0, 0.1) is 19.7 Å². The summed E-state index contributed by atoms with van der Waals surface area (Å²) in [6.45, 7) is 5.73. The fourth-order valence-electron chi connectivity index (χ4n) is 2.02. The molecule has 3 nitrogen and oxygen atoms in total. The van der Waals surface area contributed by atoms with Crippen molar-refractivity contribution in [1.29, 1.82) is 0 Å². The molecule has 1 heterocycles. The van der Waals surface area contributed by atoms with Gasteiger partial charge in [0.1, 0.15) is 5.82 Å². The fourth-order valence-corrected chi connectivity index (χ4v) is 2.02. The van der Waals surface area contributed by atoms with Crippen LogP contribution >= 0.6 is 0 Å². The van der Waals surface area contributed by atoms with Gasteiger partial charge in [0.2, 0.25) is 0 Å². The molecule has 2 aromatic rings. The molecule has 1 aromatic heterocycles. The Morgan fingerprint density at radius 2 is 1.90 bits per heavy atom. The Morgan fingerprint density at radius 1 is 1.25 bits per heavy atom. The highest BCUT2D eigenvalue weighted by Crippen LogP contribution is 2.24. The molecule has 0 unspecified atom stereocenters. The van der Waals surface area contributed by atoms with Gasteiger partial charge in [-0.2, -0.15) is 0 Å². The standard InChI is InChI=1S/C16H16FNO2/c1-4-20-16(19)14-9-10(2)15(18-11(14)3)12-5-7-13(17)8-6-12/h5-9H,4H2,1-3H3. The number of esters is 1. The molecule has 0 bridgehead atoms. The van der Waals surface area contributed by atoms with Gasteiger partial charge in [0, 0.05) is 5.56 Å². The van der Waals surface area contributed by atoms with E-state index >= 15 is 0 Å². The molecule has 0 aliphatic rings. The molecule has 0 aliphatic heterocycles. The van der Waals surface area contributed by atoms with Crippen LogP contribution in [0.5, 0.6) is 0 Å². The predicted molar refractivity (Wildman–Crippen MR) is 75.1 cm³/mol. The Labute approximate surface area is 117 Å². The molecule has 0 radical (unpaired) electrons. The van der Waals surface area contributed by atoms with Crippen molar-refractivity contribution in [3.05, 3.63) is 53.0 Å². The zero-order valence-electron chi connectivity index (χ0n) is 11.7. The summed E-state index contributed by atoms with van der Waals surface area (Å²) in [7, 11) is 0. The van der Waals surface area contributed by atoms with E-state index in [1.807, 2.05) is 6.92 Å². The van der Waals surface area contributed by atoms with E-state index in [-0.39, 0.29) is 11.8 Å². The first-order valence-corrected chi connectivity index (χ1v) is 6.44. The Bertz CT molecular complexity index is 636. The average molecular weight is 273 g/mol. The maximum atomic E-state index is 13.0. The first kappa shape index (κ1) is 14.2. The van der Waals surface area contributed by atoms with Crippen LogP contribution in [0.3, 0.4) is 0 Å². The topological polar surface area (TPSA) is 39.2 Å². The van der Waals surface area contributed by atoms with Crippen LogP contribution in [0.25, 0.3) is 11.3 Å². The third-order valence-electron chi connectivity index (χ3n) is 3.02. The number of nitrogens with zero attached hydrogens (tertiary/aromatic N) is 1. The number of halogens is 1. The van der Waals surface area contributed by atoms with Gasteiger partial charge in [-0.3, -0.25) is 4.98 Å². The highest BCUT2D eigenvalue weighted by atomic mass is 19.1. The van der Waals surface area contributed by atoms with Crippen LogP contribution in [-0.4, -0.2) is 17.6 Å². The lowest BCUT2D eigenvalue weighted by Crippen LogP contribution is -2.09. The number of pyridine rings is 1. The van der Waals surface area contributed by atoms with Crippen LogP contribution < -0.4 is 0 Å². The van der Waals surface area contributed by atoms with Gasteiger partial charge in [0.05, 0.1) is 23.6 Å². The molecule has 104 valence electrons. The zero-order chi connectivity index (χ0) is 14.7. The van der Waals surface area contributed by atoms with Crippen molar-refractivity contribution in [2.75, 3.05) is 6.61 Å². The molecular weight excluding hydrogens is 257 g/mol. The van der Waals surface area contributed by atoms with E-state index in [2.05, 4.69) is 4.98 Å². The lowest BCUT2D eigenvalue weighted by molar-refractivity contribution is 0.0525. The van der Waals surface area contributed by atoms with Gasteiger partial charge in [-0.15, -0.1) is 0 Å². The number of carbonyl (C=O) groups is 1.